The number of hydrogen-bond acceptors (Lipinski definition) is 3. The fourth-order valence-electron chi connectivity index (χ4n) is 1.08. The average molecular weight is 209 g/mol. The Morgan fingerprint density at radius 1 is 1.73 bits per heavy atom. The Morgan fingerprint density at radius 3 is 2.80 bits per heavy atom. The second-order valence-electron chi connectivity index (χ2n) is 2.93. The van der Waals surface area contributed by atoms with Crippen LogP contribution in [0.15, 0.2) is 25.0 Å². The van der Waals surface area contributed by atoms with Crippen LogP contribution in [0.1, 0.15) is 11.6 Å². The molecule has 6 nitrogen and oxygen atoms in total. The van der Waals surface area contributed by atoms with Crippen molar-refractivity contribution >= 4 is 11.9 Å². The molecular weight excluding hydrogens is 198 g/mol. The first kappa shape index (κ1) is 11.0. The van der Waals surface area contributed by atoms with E-state index in [4.69, 9.17) is 5.11 Å². The van der Waals surface area contributed by atoms with E-state index in [2.05, 4.69) is 17.0 Å². The summed E-state index contributed by atoms with van der Waals surface area (Å²) in [6.07, 6.45) is 3.94. The monoisotopic (exact) mass is 209 g/mol. The number of amides is 1. The summed E-state index contributed by atoms with van der Waals surface area (Å²) >= 11 is 0. The second-order valence-corrected chi connectivity index (χ2v) is 2.93. The Bertz CT molecular complexity index is 397. The molecule has 0 saturated heterocycles. The van der Waals surface area contributed by atoms with Gasteiger partial charge in [-0.25, -0.2) is 4.79 Å². The maximum absolute atomic E-state index is 11.0. The van der Waals surface area contributed by atoms with Crippen molar-refractivity contribution in [2.75, 3.05) is 0 Å². The van der Waals surface area contributed by atoms with Gasteiger partial charge in [0.25, 0.3) is 0 Å². The molecule has 0 aliphatic heterocycles. The quantitative estimate of drug-likeness (QED) is 0.675. The Morgan fingerprint density at radius 2 is 2.40 bits per heavy atom. The minimum Gasteiger partial charge on any atom is -0.479 e. The van der Waals surface area contributed by atoms with Gasteiger partial charge in [-0.2, -0.15) is 5.10 Å². The van der Waals surface area contributed by atoms with E-state index >= 15 is 0 Å². The summed E-state index contributed by atoms with van der Waals surface area (Å²) in [6, 6.07) is -1.09. The van der Waals surface area contributed by atoms with Crippen molar-refractivity contribution in [2.24, 2.45) is 7.05 Å². The lowest BCUT2D eigenvalue weighted by atomic mass is 10.1. The molecule has 2 N–H and O–H groups in total. The van der Waals surface area contributed by atoms with Gasteiger partial charge in [-0.3, -0.25) is 9.48 Å². The van der Waals surface area contributed by atoms with E-state index in [1.807, 2.05) is 0 Å². The number of aromatic nitrogens is 2. The van der Waals surface area contributed by atoms with Gasteiger partial charge in [-0.1, -0.05) is 6.58 Å². The molecule has 0 aromatic carbocycles. The minimum atomic E-state index is -1.14. The Labute approximate surface area is 86.2 Å². The first-order valence-electron chi connectivity index (χ1n) is 4.19. The molecule has 6 heteroatoms. The van der Waals surface area contributed by atoms with Crippen molar-refractivity contribution < 1.29 is 14.7 Å². The first-order valence-corrected chi connectivity index (χ1v) is 4.19. The summed E-state index contributed by atoms with van der Waals surface area (Å²) in [4.78, 5) is 21.9. The summed E-state index contributed by atoms with van der Waals surface area (Å²) in [5, 5.41) is 15.0. The number of aryl methyl sites for hydroxylation is 1. The Kier molecular flexibility index (Phi) is 3.22. The third-order valence-electron chi connectivity index (χ3n) is 1.78. The number of rotatable bonds is 4. The van der Waals surface area contributed by atoms with Gasteiger partial charge < -0.3 is 10.4 Å². The molecule has 0 spiro atoms. The normalized spacial score (nSPS) is 11.8. The van der Waals surface area contributed by atoms with Gasteiger partial charge in [0.05, 0.1) is 6.20 Å². The van der Waals surface area contributed by atoms with Crippen LogP contribution in [-0.4, -0.2) is 26.8 Å². The average Bonchev–Trinajstić information content (AvgIpc) is 2.60. The number of carbonyl (C=O) groups excluding carboxylic acids is 1. The number of carboxylic acid groups (broad SMARTS) is 1. The third-order valence-corrected chi connectivity index (χ3v) is 1.78. The highest BCUT2D eigenvalue weighted by Gasteiger charge is 2.22. The van der Waals surface area contributed by atoms with E-state index < -0.39 is 17.9 Å². The summed E-state index contributed by atoms with van der Waals surface area (Å²) in [5.74, 6) is -1.68. The van der Waals surface area contributed by atoms with Crippen LogP contribution in [0, 0.1) is 0 Å². The van der Waals surface area contributed by atoms with Crippen LogP contribution in [0.25, 0.3) is 0 Å². The summed E-state index contributed by atoms with van der Waals surface area (Å²) in [7, 11) is 1.66. The molecule has 1 amide bonds. The molecule has 0 aliphatic rings. The molecule has 0 bridgehead atoms. The highest BCUT2D eigenvalue weighted by Crippen LogP contribution is 2.11. The molecule has 0 aliphatic carbocycles. The number of aliphatic carboxylic acids is 1. The summed E-state index contributed by atoms with van der Waals surface area (Å²) in [5.41, 5.74) is 0.417. The molecule has 80 valence electrons. The molecule has 1 aromatic heterocycles. The maximum Gasteiger partial charge on any atom is 0.331 e. The minimum absolute atomic E-state index is 0.417. The number of carbonyl (C=O) groups is 2. The molecule has 0 saturated carbocycles. The van der Waals surface area contributed by atoms with E-state index in [-0.39, 0.29) is 0 Å². The van der Waals surface area contributed by atoms with Crippen molar-refractivity contribution in [3.63, 3.8) is 0 Å². The molecule has 1 unspecified atom stereocenters. The largest absolute Gasteiger partial charge is 0.479 e. The lowest BCUT2D eigenvalue weighted by molar-refractivity contribution is -0.141. The lowest BCUT2D eigenvalue weighted by Gasteiger charge is -2.10. The van der Waals surface area contributed by atoms with E-state index in [0.717, 1.165) is 6.08 Å². The maximum atomic E-state index is 11.0. The summed E-state index contributed by atoms with van der Waals surface area (Å²) in [6.45, 7) is 3.25. The third kappa shape index (κ3) is 2.67. The fraction of sp³-hybridized carbons (Fsp3) is 0.222. The molecule has 1 heterocycles. The summed E-state index contributed by atoms with van der Waals surface area (Å²) < 4.78 is 1.46. The van der Waals surface area contributed by atoms with Crippen LogP contribution in [0.3, 0.4) is 0 Å². The van der Waals surface area contributed by atoms with Gasteiger partial charge in [-0.15, -0.1) is 0 Å². The molecule has 0 fully saturated rings. The van der Waals surface area contributed by atoms with E-state index in [1.54, 1.807) is 7.05 Å². The zero-order valence-electron chi connectivity index (χ0n) is 8.17. The van der Waals surface area contributed by atoms with Gasteiger partial charge in [0, 0.05) is 18.8 Å². The van der Waals surface area contributed by atoms with Gasteiger partial charge in [-0.05, 0) is 6.08 Å². The van der Waals surface area contributed by atoms with E-state index in [1.165, 1.54) is 17.1 Å². The smallest absolute Gasteiger partial charge is 0.331 e. The number of carboxylic acids is 1. The number of nitrogens with zero attached hydrogens (tertiary/aromatic N) is 2. The number of nitrogens with one attached hydrogen (secondary N) is 1. The lowest BCUT2D eigenvalue weighted by Crippen LogP contribution is -2.32. The van der Waals surface area contributed by atoms with Crippen LogP contribution in [-0.2, 0) is 16.6 Å². The van der Waals surface area contributed by atoms with Crippen molar-refractivity contribution in [1.29, 1.82) is 0 Å². The van der Waals surface area contributed by atoms with Crippen molar-refractivity contribution in [3.05, 3.63) is 30.6 Å². The van der Waals surface area contributed by atoms with Gasteiger partial charge in [0.15, 0.2) is 6.04 Å². The van der Waals surface area contributed by atoms with Gasteiger partial charge in [0.2, 0.25) is 5.91 Å². The Balaban J connectivity index is 2.88. The van der Waals surface area contributed by atoms with Crippen molar-refractivity contribution in [2.45, 2.75) is 6.04 Å². The molecule has 0 radical (unpaired) electrons. The zero-order valence-corrected chi connectivity index (χ0v) is 8.17. The molecule has 1 aromatic rings. The Hall–Kier alpha value is -2.11. The van der Waals surface area contributed by atoms with Crippen LogP contribution in [0.2, 0.25) is 0 Å². The van der Waals surface area contributed by atoms with Crippen LogP contribution in [0.5, 0.6) is 0 Å². The highest BCUT2D eigenvalue weighted by molar-refractivity contribution is 5.91. The molecule has 15 heavy (non-hydrogen) atoms. The highest BCUT2D eigenvalue weighted by atomic mass is 16.4. The van der Waals surface area contributed by atoms with Gasteiger partial charge >= 0.3 is 5.97 Å². The van der Waals surface area contributed by atoms with E-state index in [9.17, 15) is 9.59 Å². The second kappa shape index (κ2) is 4.41. The molecule has 1 atom stereocenters. The fourth-order valence-corrected chi connectivity index (χ4v) is 1.08. The topological polar surface area (TPSA) is 84.2 Å². The van der Waals surface area contributed by atoms with Crippen molar-refractivity contribution in [3.8, 4) is 0 Å². The van der Waals surface area contributed by atoms with Crippen LogP contribution in [0.4, 0.5) is 0 Å². The molecule has 1 rings (SSSR count). The zero-order chi connectivity index (χ0) is 11.4. The standard InChI is InChI=1S/C9H11N3O3/c1-3-7(13)11-8(9(14)15)6-4-10-12(2)5-6/h3-5,8H,1H2,2H3,(H,11,13)(H,14,15). The van der Waals surface area contributed by atoms with Crippen molar-refractivity contribution in [1.82, 2.24) is 15.1 Å². The number of hydrogen-bond donors (Lipinski definition) is 2. The van der Waals surface area contributed by atoms with Crippen LogP contribution < -0.4 is 5.32 Å². The van der Waals surface area contributed by atoms with Gasteiger partial charge in [0.1, 0.15) is 0 Å². The molecular formula is C9H11N3O3. The SMILES string of the molecule is C=CC(=O)NC(C(=O)O)c1cnn(C)c1. The van der Waals surface area contributed by atoms with Crippen LogP contribution >= 0.6 is 0 Å². The predicted molar refractivity (Wildman–Crippen MR) is 51.9 cm³/mol. The van der Waals surface area contributed by atoms with E-state index in [0.29, 0.717) is 5.56 Å². The predicted octanol–water partition coefficient (Wildman–Crippen LogP) is -0.152. The first-order chi connectivity index (χ1) is 7.04.